The van der Waals surface area contributed by atoms with Crippen LogP contribution in [0.3, 0.4) is 0 Å². The number of rotatable bonds is 1. The van der Waals surface area contributed by atoms with Crippen molar-refractivity contribution >= 4 is 10.9 Å². The molecule has 0 unspecified atom stereocenters. The van der Waals surface area contributed by atoms with E-state index < -0.39 is 17.2 Å². The number of pyridine rings is 1. The Balaban J connectivity index is 2.32. The maximum atomic E-state index is 13.6. The molecule has 100 valence electrons. The molecule has 0 aliphatic rings. The molecule has 0 saturated carbocycles. The molecule has 0 bridgehead atoms. The largest absolute Gasteiger partial charge is 0.306 e. The lowest BCUT2D eigenvalue weighted by molar-refractivity contribution is 0.591. The minimum atomic E-state index is -0.925. The summed E-state index contributed by atoms with van der Waals surface area (Å²) in [6, 6.07) is 5.08. The maximum Gasteiger partial charge on any atom is 0.262 e. The fourth-order valence-corrected chi connectivity index (χ4v) is 2.02. The molecule has 2 aromatic heterocycles. The summed E-state index contributed by atoms with van der Waals surface area (Å²) in [5.74, 6) is -1.45. The summed E-state index contributed by atoms with van der Waals surface area (Å²) in [7, 11) is 0. The number of aryl methyl sites for hydroxylation is 1. The standard InChI is InChI=1S/C14H9F2N3O/c1-7-4-8(2-3-17-7)13-18-11-6-9(15)5-10(16)12(11)14(20)19-13/h2-6H,1H3,(H,18,19,20). The summed E-state index contributed by atoms with van der Waals surface area (Å²) in [5.41, 5.74) is 0.713. The van der Waals surface area contributed by atoms with Gasteiger partial charge in [0.15, 0.2) is 0 Å². The van der Waals surface area contributed by atoms with Crippen LogP contribution in [0.25, 0.3) is 22.3 Å². The predicted octanol–water partition coefficient (Wildman–Crippen LogP) is 2.57. The lowest BCUT2D eigenvalue weighted by Gasteiger charge is -2.04. The number of aromatic amines is 1. The fourth-order valence-electron chi connectivity index (χ4n) is 2.02. The van der Waals surface area contributed by atoms with E-state index >= 15 is 0 Å². The monoisotopic (exact) mass is 273 g/mol. The zero-order valence-electron chi connectivity index (χ0n) is 10.4. The van der Waals surface area contributed by atoms with Crippen LogP contribution >= 0.6 is 0 Å². The molecule has 0 aliphatic heterocycles. The molecule has 6 heteroatoms. The smallest absolute Gasteiger partial charge is 0.262 e. The molecule has 0 spiro atoms. The SMILES string of the molecule is Cc1cc(-c2nc3cc(F)cc(F)c3c(=O)[nH]2)ccn1. The minimum absolute atomic E-state index is 0.0179. The molecule has 3 rings (SSSR count). The van der Waals surface area contributed by atoms with Crippen molar-refractivity contribution in [1.82, 2.24) is 15.0 Å². The number of nitrogens with one attached hydrogen (secondary N) is 1. The van der Waals surface area contributed by atoms with Crippen LogP contribution in [-0.4, -0.2) is 15.0 Å². The van der Waals surface area contributed by atoms with Gasteiger partial charge in [0, 0.05) is 29.6 Å². The highest BCUT2D eigenvalue weighted by molar-refractivity contribution is 5.80. The Kier molecular flexibility index (Phi) is 2.78. The zero-order chi connectivity index (χ0) is 14.3. The molecule has 0 saturated heterocycles. The average molecular weight is 273 g/mol. The van der Waals surface area contributed by atoms with Crippen LogP contribution in [0.4, 0.5) is 8.78 Å². The Labute approximate surface area is 112 Å². The van der Waals surface area contributed by atoms with Gasteiger partial charge in [0.1, 0.15) is 22.8 Å². The van der Waals surface area contributed by atoms with Gasteiger partial charge in [-0.2, -0.15) is 0 Å². The number of hydrogen-bond donors (Lipinski definition) is 1. The van der Waals surface area contributed by atoms with Gasteiger partial charge in [-0.25, -0.2) is 13.8 Å². The molecule has 1 N–H and O–H groups in total. The van der Waals surface area contributed by atoms with E-state index in [9.17, 15) is 13.6 Å². The van der Waals surface area contributed by atoms with Gasteiger partial charge in [-0.1, -0.05) is 0 Å². The Morgan fingerprint density at radius 3 is 2.75 bits per heavy atom. The highest BCUT2D eigenvalue weighted by atomic mass is 19.1. The number of benzene rings is 1. The van der Waals surface area contributed by atoms with Crippen molar-refractivity contribution in [2.75, 3.05) is 0 Å². The van der Waals surface area contributed by atoms with E-state index in [0.717, 1.165) is 11.8 Å². The van der Waals surface area contributed by atoms with E-state index in [1.165, 1.54) is 0 Å². The van der Waals surface area contributed by atoms with E-state index in [4.69, 9.17) is 0 Å². The van der Waals surface area contributed by atoms with Crippen LogP contribution < -0.4 is 5.56 Å². The first-order valence-corrected chi connectivity index (χ1v) is 5.87. The van der Waals surface area contributed by atoms with Gasteiger partial charge in [0.25, 0.3) is 5.56 Å². The summed E-state index contributed by atoms with van der Waals surface area (Å²) >= 11 is 0. The van der Waals surface area contributed by atoms with Crippen LogP contribution in [0, 0.1) is 18.6 Å². The first-order chi connectivity index (χ1) is 9.54. The lowest BCUT2D eigenvalue weighted by Crippen LogP contribution is -2.11. The van der Waals surface area contributed by atoms with Crippen molar-refractivity contribution in [2.24, 2.45) is 0 Å². The second kappa shape index (κ2) is 4.48. The third-order valence-electron chi connectivity index (χ3n) is 2.90. The summed E-state index contributed by atoms with van der Waals surface area (Å²) < 4.78 is 26.8. The van der Waals surface area contributed by atoms with Gasteiger partial charge in [0.2, 0.25) is 0 Å². The Hall–Kier alpha value is -2.63. The summed E-state index contributed by atoms with van der Waals surface area (Å²) in [5, 5.41) is -0.249. The summed E-state index contributed by atoms with van der Waals surface area (Å²) in [4.78, 5) is 22.6. The van der Waals surface area contributed by atoms with E-state index in [-0.39, 0.29) is 16.7 Å². The van der Waals surface area contributed by atoms with Gasteiger partial charge in [-0.3, -0.25) is 9.78 Å². The highest BCUT2D eigenvalue weighted by Crippen LogP contribution is 2.19. The molecular weight excluding hydrogens is 264 g/mol. The van der Waals surface area contributed by atoms with Crippen LogP contribution in [-0.2, 0) is 0 Å². The molecule has 0 fully saturated rings. The van der Waals surface area contributed by atoms with Crippen molar-refractivity contribution in [3.05, 3.63) is 58.1 Å². The molecule has 0 atom stereocenters. The maximum absolute atomic E-state index is 13.6. The van der Waals surface area contributed by atoms with Crippen LogP contribution in [0.5, 0.6) is 0 Å². The van der Waals surface area contributed by atoms with Crippen molar-refractivity contribution in [3.8, 4) is 11.4 Å². The predicted molar refractivity (Wildman–Crippen MR) is 70.2 cm³/mol. The van der Waals surface area contributed by atoms with Crippen LogP contribution in [0.2, 0.25) is 0 Å². The van der Waals surface area contributed by atoms with Gasteiger partial charge < -0.3 is 4.98 Å². The van der Waals surface area contributed by atoms with Gasteiger partial charge in [-0.05, 0) is 19.1 Å². The lowest BCUT2D eigenvalue weighted by atomic mass is 10.2. The topological polar surface area (TPSA) is 58.6 Å². The molecule has 1 aromatic carbocycles. The van der Waals surface area contributed by atoms with Crippen LogP contribution in [0.1, 0.15) is 5.69 Å². The Morgan fingerprint density at radius 2 is 2.00 bits per heavy atom. The first kappa shape index (κ1) is 12.4. The number of nitrogens with zero attached hydrogens (tertiary/aromatic N) is 2. The average Bonchev–Trinajstić information content (AvgIpc) is 2.37. The van der Waals surface area contributed by atoms with Crippen molar-refractivity contribution in [1.29, 1.82) is 0 Å². The summed E-state index contributed by atoms with van der Waals surface area (Å²) in [6.45, 7) is 1.79. The zero-order valence-corrected chi connectivity index (χ0v) is 10.4. The molecule has 2 heterocycles. The second-order valence-corrected chi connectivity index (χ2v) is 4.38. The normalized spacial score (nSPS) is 10.9. The molecule has 3 aromatic rings. The second-order valence-electron chi connectivity index (χ2n) is 4.38. The molecular formula is C14H9F2N3O. The first-order valence-electron chi connectivity index (χ1n) is 5.87. The third kappa shape index (κ3) is 2.05. The Bertz CT molecular complexity index is 874. The van der Waals surface area contributed by atoms with Gasteiger partial charge in [-0.15, -0.1) is 0 Å². The van der Waals surface area contributed by atoms with E-state index in [1.54, 1.807) is 25.3 Å². The fraction of sp³-hybridized carbons (Fsp3) is 0.0714. The molecule has 0 radical (unpaired) electrons. The van der Waals surface area contributed by atoms with Crippen LogP contribution in [0.15, 0.2) is 35.3 Å². The third-order valence-corrected chi connectivity index (χ3v) is 2.90. The quantitative estimate of drug-likeness (QED) is 0.741. The van der Waals surface area contributed by atoms with E-state index in [1.807, 2.05) is 0 Å². The number of H-pyrrole nitrogens is 1. The molecule has 0 aliphatic carbocycles. The number of hydrogen-bond acceptors (Lipinski definition) is 3. The minimum Gasteiger partial charge on any atom is -0.306 e. The van der Waals surface area contributed by atoms with Crippen molar-refractivity contribution < 1.29 is 8.78 Å². The number of fused-ring (bicyclic) bond motifs is 1. The number of aromatic nitrogens is 3. The van der Waals surface area contributed by atoms with E-state index in [2.05, 4.69) is 15.0 Å². The molecule has 20 heavy (non-hydrogen) atoms. The van der Waals surface area contributed by atoms with Crippen molar-refractivity contribution in [3.63, 3.8) is 0 Å². The van der Waals surface area contributed by atoms with Gasteiger partial charge in [0.05, 0.1) is 5.52 Å². The Morgan fingerprint density at radius 1 is 1.20 bits per heavy atom. The number of halogens is 2. The van der Waals surface area contributed by atoms with E-state index in [0.29, 0.717) is 11.6 Å². The highest BCUT2D eigenvalue weighted by Gasteiger charge is 2.12. The summed E-state index contributed by atoms with van der Waals surface area (Å²) in [6.07, 6.45) is 1.57. The van der Waals surface area contributed by atoms with Crippen molar-refractivity contribution in [2.45, 2.75) is 6.92 Å². The van der Waals surface area contributed by atoms with Gasteiger partial charge >= 0.3 is 0 Å². The molecule has 0 amide bonds. The molecule has 4 nitrogen and oxygen atoms in total.